The van der Waals surface area contributed by atoms with E-state index in [-0.39, 0.29) is 64.6 Å². The average molecular weight is 673 g/mol. The summed E-state index contributed by atoms with van der Waals surface area (Å²) in [4.78, 5) is 50.2. The quantitative estimate of drug-likeness (QED) is 0.0603. The Morgan fingerprint density at radius 1 is 0.939 bits per heavy atom. The topological polar surface area (TPSA) is 233 Å². The Hall–Kier alpha value is -5.76. The predicted molar refractivity (Wildman–Crippen MR) is 178 cm³/mol. The van der Waals surface area contributed by atoms with Crippen molar-refractivity contribution in [3.63, 3.8) is 0 Å². The number of nitrogens with one attached hydrogen (secondary N) is 2. The lowest BCUT2D eigenvalue weighted by Crippen LogP contribution is -2.45. The molecule has 14 heteroatoms. The number of hydrazine groups is 1. The molecule has 0 aliphatic carbocycles. The minimum atomic E-state index is -1.44. The standard InChI is InChI=1S/C35H40N6O8/c1-19(2)13-28(32(37)45)40-31(44)5-3-4-12-41(38)18-21(36)17-39-33(46)20-6-9-25-24(14-20)34(47)49-35(25)26-10-7-22(42)15-29(26)48-30-16-23(43)8-11-27(30)35/h6-11,14-16,18-19,28,42-43H,3-5,12-13,17,36,38H2,1-2H3,(H2,37,45)(H,39,46)(H,40,44)/b21-18-/t28-/m0/s1. The lowest BCUT2D eigenvalue weighted by atomic mass is 9.77. The number of hydrogen-bond donors (Lipinski definition) is 7. The molecule has 2 heterocycles. The molecule has 3 amide bonds. The van der Waals surface area contributed by atoms with Crippen LogP contribution in [0, 0.1) is 5.92 Å². The summed E-state index contributed by atoms with van der Waals surface area (Å²) >= 11 is 0. The molecule has 49 heavy (non-hydrogen) atoms. The van der Waals surface area contributed by atoms with Gasteiger partial charge in [-0.1, -0.05) is 19.9 Å². The van der Waals surface area contributed by atoms with Crippen LogP contribution < -0.4 is 32.7 Å². The van der Waals surface area contributed by atoms with E-state index in [0.29, 0.717) is 42.5 Å². The smallest absolute Gasteiger partial charge is 0.340 e. The van der Waals surface area contributed by atoms with E-state index < -0.39 is 29.4 Å². The Morgan fingerprint density at radius 3 is 2.18 bits per heavy atom. The molecule has 1 spiro atoms. The van der Waals surface area contributed by atoms with Crippen molar-refractivity contribution >= 4 is 23.7 Å². The maximum atomic E-state index is 13.3. The first-order chi connectivity index (χ1) is 23.3. The molecule has 3 aromatic rings. The number of phenolic OH excluding ortho intramolecular Hbond substituents is 2. The zero-order valence-corrected chi connectivity index (χ0v) is 27.2. The molecule has 5 rings (SSSR count). The van der Waals surface area contributed by atoms with Gasteiger partial charge in [0.15, 0.2) is 5.60 Å². The zero-order valence-electron chi connectivity index (χ0n) is 27.2. The van der Waals surface area contributed by atoms with E-state index in [1.807, 2.05) is 13.8 Å². The highest BCUT2D eigenvalue weighted by atomic mass is 16.6. The number of carbonyl (C=O) groups is 4. The van der Waals surface area contributed by atoms with Crippen LogP contribution >= 0.6 is 0 Å². The molecule has 2 aliphatic heterocycles. The number of rotatable bonds is 13. The van der Waals surface area contributed by atoms with E-state index in [1.165, 1.54) is 41.5 Å². The molecule has 0 radical (unpaired) electrons. The van der Waals surface area contributed by atoms with Gasteiger partial charge < -0.3 is 46.8 Å². The normalized spacial score (nSPS) is 14.6. The van der Waals surface area contributed by atoms with Crippen LogP contribution in [0.3, 0.4) is 0 Å². The van der Waals surface area contributed by atoms with Crippen molar-refractivity contribution in [3.8, 4) is 23.0 Å². The Morgan fingerprint density at radius 2 is 1.57 bits per heavy atom. The number of primary amides is 1. The van der Waals surface area contributed by atoms with Gasteiger partial charge in [0.05, 0.1) is 12.1 Å². The fourth-order valence-electron chi connectivity index (χ4n) is 6.02. The van der Waals surface area contributed by atoms with Crippen molar-refractivity contribution < 1.29 is 38.9 Å². The Labute approximate surface area is 282 Å². The molecule has 0 aromatic heterocycles. The molecule has 1 atom stereocenters. The summed E-state index contributed by atoms with van der Waals surface area (Å²) in [6.07, 6.45) is 3.25. The van der Waals surface area contributed by atoms with Crippen molar-refractivity contribution in [2.24, 2.45) is 23.2 Å². The van der Waals surface area contributed by atoms with E-state index >= 15 is 0 Å². The lowest BCUT2D eigenvalue weighted by molar-refractivity contribution is -0.127. The Bertz CT molecular complexity index is 1770. The molecule has 10 N–H and O–H groups in total. The Kier molecular flexibility index (Phi) is 9.99. The minimum Gasteiger partial charge on any atom is -0.508 e. The van der Waals surface area contributed by atoms with Gasteiger partial charge in [0, 0.05) is 59.2 Å². The molecule has 0 saturated carbocycles. The highest BCUT2D eigenvalue weighted by molar-refractivity contribution is 6.01. The van der Waals surface area contributed by atoms with Crippen LogP contribution in [-0.2, 0) is 19.9 Å². The molecular weight excluding hydrogens is 632 g/mol. The second-order valence-electron chi connectivity index (χ2n) is 12.5. The number of carbonyl (C=O) groups excluding carboxylic acids is 4. The maximum Gasteiger partial charge on any atom is 0.340 e. The number of phenols is 2. The SMILES string of the molecule is CC(C)C[C@H](NC(=O)CCCCN(N)/C=C(\N)CNC(=O)c1ccc2c(c1)C(=O)OC21c2ccc(O)cc2Oc2cc(O)ccc21)C(N)=O. The summed E-state index contributed by atoms with van der Waals surface area (Å²) < 4.78 is 12.0. The minimum absolute atomic E-state index is 0.0319. The van der Waals surface area contributed by atoms with Gasteiger partial charge in [-0.15, -0.1) is 0 Å². The van der Waals surface area contributed by atoms with Gasteiger partial charge in [0.2, 0.25) is 11.8 Å². The number of hydrogen-bond acceptors (Lipinski definition) is 11. The highest BCUT2D eigenvalue weighted by Gasteiger charge is 2.53. The third kappa shape index (κ3) is 7.38. The Balaban J connectivity index is 1.20. The van der Waals surface area contributed by atoms with E-state index in [1.54, 1.807) is 24.3 Å². The average Bonchev–Trinajstić information content (AvgIpc) is 3.32. The van der Waals surface area contributed by atoms with Crippen molar-refractivity contribution in [2.45, 2.75) is 51.2 Å². The van der Waals surface area contributed by atoms with Gasteiger partial charge in [-0.05, 0) is 61.6 Å². The van der Waals surface area contributed by atoms with Crippen molar-refractivity contribution in [2.75, 3.05) is 13.1 Å². The largest absolute Gasteiger partial charge is 0.508 e. The first kappa shape index (κ1) is 34.6. The number of esters is 1. The van der Waals surface area contributed by atoms with Gasteiger partial charge in [-0.25, -0.2) is 10.6 Å². The second-order valence-corrected chi connectivity index (χ2v) is 12.5. The first-order valence-electron chi connectivity index (χ1n) is 15.9. The van der Waals surface area contributed by atoms with Crippen LogP contribution in [0.4, 0.5) is 0 Å². The number of aromatic hydroxyl groups is 2. The zero-order chi connectivity index (χ0) is 35.5. The van der Waals surface area contributed by atoms with Crippen molar-refractivity contribution in [1.29, 1.82) is 0 Å². The number of ether oxygens (including phenoxy) is 2. The van der Waals surface area contributed by atoms with Crippen LogP contribution in [0.2, 0.25) is 0 Å². The molecular formula is C35H40N6O8. The summed E-state index contributed by atoms with van der Waals surface area (Å²) in [6.45, 7) is 4.24. The monoisotopic (exact) mass is 672 g/mol. The lowest BCUT2D eigenvalue weighted by Gasteiger charge is -2.36. The van der Waals surface area contributed by atoms with Crippen LogP contribution in [0.1, 0.15) is 76.9 Å². The van der Waals surface area contributed by atoms with Gasteiger partial charge in [-0.3, -0.25) is 14.4 Å². The van der Waals surface area contributed by atoms with E-state index in [0.717, 1.165) is 0 Å². The van der Waals surface area contributed by atoms with Crippen molar-refractivity contribution in [1.82, 2.24) is 15.6 Å². The fourth-order valence-corrected chi connectivity index (χ4v) is 6.02. The van der Waals surface area contributed by atoms with E-state index in [9.17, 15) is 29.4 Å². The number of fused-ring (bicyclic) bond motifs is 6. The molecule has 3 aromatic carbocycles. The van der Waals surface area contributed by atoms with Crippen LogP contribution in [0.25, 0.3) is 0 Å². The molecule has 258 valence electrons. The van der Waals surface area contributed by atoms with E-state index in [4.69, 9.17) is 26.8 Å². The van der Waals surface area contributed by atoms with Gasteiger partial charge in [-0.2, -0.15) is 0 Å². The van der Waals surface area contributed by atoms with Crippen LogP contribution in [0.5, 0.6) is 23.0 Å². The molecule has 14 nitrogen and oxygen atoms in total. The number of unbranched alkanes of at least 4 members (excludes halogenated alkanes) is 1. The van der Waals surface area contributed by atoms with Crippen LogP contribution in [-0.4, -0.2) is 58.0 Å². The number of nitrogens with two attached hydrogens (primary N) is 3. The summed E-state index contributed by atoms with van der Waals surface area (Å²) in [5.74, 6) is 4.64. The second kappa shape index (κ2) is 14.2. The molecule has 2 aliphatic rings. The number of amides is 3. The van der Waals surface area contributed by atoms with Crippen molar-refractivity contribution in [3.05, 3.63) is 94.3 Å². The fraction of sp³-hybridized carbons (Fsp3) is 0.314. The molecule has 0 bridgehead atoms. The van der Waals surface area contributed by atoms with Gasteiger partial charge >= 0.3 is 5.97 Å². The summed E-state index contributed by atoms with van der Waals surface area (Å²) in [7, 11) is 0. The van der Waals surface area contributed by atoms with E-state index in [2.05, 4.69) is 10.6 Å². The molecule has 0 saturated heterocycles. The molecule has 0 unspecified atom stereocenters. The predicted octanol–water partition coefficient (Wildman–Crippen LogP) is 2.56. The summed E-state index contributed by atoms with van der Waals surface area (Å²) in [5.41, 5.74) is 12.1. The maximum absolute atomic E-state index is 13.3. The third-order valence-corrected chi connectivity index (χ3v) is 8.28. The number of benzene rings is 3. The summed E-state index contributed by atoms with van der Waals surface area (Å²) in [6, 6.07) is 12.9. The molecule has 0 fully saturated rings. The number of nitrogens with zero attached hydrogens (tertiary/aromatic N) is 1. The first-order valence-corrected chi connectivity index (χ1v) is 15.9. The van der Waals surface area contributed by atoms with Gasteiger partial charge in [0.25, 0.3) is 5.91 Å². The van der Waals surface area contributed by atoms with Gasteiger partial charge in [0.1, 0.15) is 29.0 Å². The summed E-state index contributed by atoms with van der Waals surface area (Å²) in [5, 5.41) is 26.9. The highest BCUT2D eigenvalue weighted by Crippen LogP contribution is 2.57. The third-order valence-electron chi connectivity index (χ3n) is 8.28. The van der Waals surface area contributed by atoms with Crippen LogP contribution in [0.15, 0.2) is 66.5 Å².